The molecule has 0 aliphatic heterocycles. The minimum Gasteiger partial charge on any atom is -0.289 e. The first-order chi connectivity index (χ1) is 10.7. The highest BCUT2D eigenvalue weighted by Crippen LogP contribution is 2.34. The maximum Gasteiger partial charge on any atom is 0.201 e. The van der Waals surface area contributed by atoms with Crippen molar-refractivity contribution in [3.8, 4) is 0 Å². The van der Waals surface area contributed by atoms with E-state index in [1.165, 1.54) is 38.5 Å². The zero-order chi connectivity index (χ0) is 15.5. The van der Waals surface area contributed by atoms with Crippen molar-refractivity contribution in [2.75, 3.05) is 0 Å². The Balaban J connectivity index is 1.69. The molecule has 2 aliphatic rings. The van der Waals surface area contributed by atoms with E-state index in [-0.39, 0.29) is 11.6 Å². The number of carbonyl (C=O) groups is 2. The van der Waals surface area contributed by atoms with Crippen molar-refractivity contribution in [1.29, 1.82) is 0 Å². The summed E-state index contributed by atoms with van der Waals surface area (Å²) in [6.07, 6.45) is 9.60. The summed E-state index contributed by atoms with van der Waals surface area (Å²) in [5.74, 6) is 0.781. The van der Waals surface area contributed by atoms with Crippen LogP contribution in [-0.2, 0) is 0 Å². The third-order valence-electron chi connectivity index (χ3n) is 4.92. The van der Waals surface area contributed by atoms with Crippen LogP contribution in [0.4, 0.5) is 0 Å². The van der Waals surface area contributed by atoms with Gasteiger partial charge in [0.1, 0.15) is 0 Å². The molecule has 0 atom stereocenters. The van der Waals surface area contributed by atoms with Crippen LogP contribution >= 0.6 is 15.9 Å². The summed E-state index contributed by atoms with van der Waals surface area (Å²) in [7, 11) is 0. The number of allylic oxidation sites excluding steroid dienone is 2. The zero-order valence-electron chi connectivity index (χ0n) is 12.7. The highest BCUT2D eigenvalue weighted by molar-refractivity contribution is 9.12. The van der Waals surface area contributed by atoms with Crippen molar-refractivity contribution in [1.82, 2.24) is 0 Å². The fourth-order valence-corrected chi connectivity index (χ4v) is 4.26. The summed E-state index contributed by atoms with van der Waals surface area (Å²) < 4.78 is 0.472. The van der Waals surface area contributed by atoms with E-state index < -0.39 is 0 Å². The van der Waals surface area contributed by atoms with Gasteiger partial charge in [-0.2, -0.15) is 0 Å². The lowest BCUT2D eigenvalue weighted by Crippen LogP contribution is -2.20. The van der Waals surface area contributed by atoms with Gasteiger partial charge < -0.3 is 0 Å². The Hall–Kier alpha value is -1.22. The van der Waals surface area contributed by atoms with Gasteiger partial charge in [-0.1, -0.05) is 62.8 Å². The lowest BCUT2D eigenvalue weighted by Gasteiger charge is -2.22. The maximum absolute atomic E-state index is 12.6. The number of benzene rings is 1. The molecule has 1 aromatic carbocycles. The van der Waals surface area contributed by atoms with Crippen LogP contribution in [0, 0.1) is 5.92 Å². The average molecular weight is 361 g/mol. The van der Waals surface area contributed by atoms with Gasteiger partial charge in [-0.3, -0.25) is 9.59 Å². The summed E-state index contributed by atoms with van der Waals surface area (Å²) >= 11 is 3.37. The predicted molar refractivity (Wildman–Crippen MR) is 91.5 cm³/mol. The van der Waals surface area contributed by atoms with E-state index >= 15 is 0 Å². The molecule has 0 spiro atoms. The van der Waals surface area contributed by atoms with E-state index in [1.807, 2.05) is 6.07 Å². The molecule has 2 nitrogen and oxygen atoms in total. The molecule has 0 saturated heterocycles. The fourth-order valence-electron chi connectivity index (χ4n) is 3.66. The largest absolute Gasteiger partial charge is 0.289 e. The van der Waals surface area contributed by atoms with Crippen molar-refractivity contribution >= 4 is 27.5 Å². The molecule has 1 fully saturated rings. The summed E-state index contributed by atoms with van der Waals surface area (Å²) in [6.45, 7) is 0. The van der Waals surface area contributed by atoms with E-state index in [4.69, 9.17) is 0 Å². The topological polar surface area (TPSA) is 34.1 Å². The van der Waals surface area contributed by atoms with Crippen LogP contribution in [0.3, 0.4) is 0 Å². The van der Waals surface area contributed by atoms with Crippen molar-refractivity contribution in [3.05, 3.63) is 45.4 Å². The van der Waals surface area contributed by atoms with E-state index in [0.717, 1.165) is 12.3 Å². The monoisotopic (exact) mass is 360 g/mol. The molecule has 0 bridgehead atoms. The quantitative estimate of drug-likeness (QED) is 0.713. The summed E-state index contributed by atoms with van der Waals surface area (Å²) in [5, 5.41) is 0. The Labute approximate surface area is 140 Å². The van der Waals surface area contributed by atoms with Gasteiger partial charge in [-0.15, -0.1) is 0 Å². The summed E-state index contributed by atoms with van der Waals surface area (Å²) in [5.41, 5.74) is 1.75. The molecule has 1 aromatic rings. The zero-order valence-corrected chi connectivity index (χ0v) is 14.3. The predicted octanol–water partition coefficient (Wildman–Crippen LogP) is 5.47. The van der Waals surface area contributed by atoms with E-state index in [0.29, 0.717) is 27.6 Å². The third kappa shape index (κ3) is 3.10. The van der Waals surface area contributed by atoms with Crippen molar-refractivity contribution in [3.63, 3.8) is 0 Å². The standard InChI is InChI=1S/C19H21BrO2/c20-17-16(12-6-9-13-7-2-1-3-8-13)18(21)14-10-4-5-11-15(14)19(17)22/h4-5,10-11,13H,1-3,6-9,12H2. The van der Waals surface area contributed by atoms with Gasteiger partial charge in [0, 0.05) is 16.7 Å². The molecule has 0 aromatic heterocycles. The molecule has 0 N–H and O–H groups in total. The minimum atomic E-state index is -0.0529. The first-order valence-electron chi connectivity index (χ1n) is 8.25. The Morgan fingerprint density at radius 2 is 1.59 bits per heavy atom. The average Bonchev–Trinajstić information content (AvgIpc) is 2.57. The van der Waals surface area contributed by atoms with Gasteiger partial charge in [0.05, 0.1) is 4.48 Å². The summed E-state index contributed by atoms with van der Waals surface area (Å²) in [4.78, 5) is 25.0. The van der Waals surface area contributed by atoms with Crippen LogP contribution in [-0.4, -0.2) is 11.6 Å². The van der Waals surface area contributed by atoms with Crippen molar-refractivity contribution in [2.24, 2.45) is 5.92 Å². The number of rotatable bonds is 4. The van der Waals surface area contributed by atoms with E-state index in [9.17, 15) is 9.59 Å². The van der Waals surface area contributed by atoms with Gasteiger partial charge >= 0.3 is 0 Å². The second kappa shape index (κ2) is 6.91. The molecular weight excluding hydrogens is 340 g/mol. The first-order valence-corrected chi connectivity index (χ1v) is 9.05. The number of Topliss-reactive ketones (excluding diaryl/α,β-unsaturated/α-hetero) is 2. The van der Waals surface area contributed by atoms with Gasteiger partial charge in [0.25, 0.3) is 0 Å². The number of fused-ring (bicyclic) bond motifs is 1. The number of carbonyl (C=O) groups excluding carboxylic acids is 2. The highest BCUT2D eigenvalue weighted by Gasteiger charge is 2.30. The van der Waals surface area contributed by atoms with Crippen LogP contribution < -0.4 is 0 Å². The fraction of sp³-hybridized carbons (Fsp3) is 0.474. The molecule has 1 saturated carbocycles. The van der Waals surface area contributed by atoms with Gasteiger partial charge in [-0.05, 0) is 34.7 Å². The van der Waals surface area contributed by atoms with E-state index in [1.54, 1.807) is 18.2 Å². The normalized spacial score (nSPS) is 19.5. The van der Waals surface area contributed by atoms with Gasteiger partial charge in [0.15, 0.2) is 5.78 Å². The van der Waals surface area contributed by atoms with Gasteiger partial charge in [0.2, 0.25) is 5.78 Å². The van der Waals surface area contributed by atoms with Crippen molar-refractivity contribution < 1.29 is 9.59 Å². The molecule has 2 aliphatic carbocycles. The lowest BCUT2D eigenvalue weighted by atomic mass is 9.83. The SMILES string of the molecule is O=C1C(Br)=C(CCCC2CCCCC2)C(=O)c2ccccc21. The molecule has 116 valence electrons. The number of halogens is 1. The number of hydrogen-bond acceptors (Lipinski definition) is 2. The third-order valence-corrected chi connectivity index (χ3v) is 5.76. The van der Waals surface area contributed by atoms with Crippen LogP contribution in [0.5, 0.6) is 0 Å². The Bertz CT molecular complexity index is 624. The molecule has 0 heterocycles. The number of ketones is 2. The molecule has 0 radical (unpaired) electrons. The number of hydrogen-bond donors (Lipinski definition) is 0. The molecular formula is C19H21BrO2. The molecule has 0 amide bonds. The second-order valence-corrected chi connectivity index (χ2v) is 7.19. The maximum atomic E-state index is 12.6. The van der Waals surface area contributed by atoms with Crippen molar-refractivity contribution in [2.45, 2.75) is 51.4 Å². The smallest absolute Gasteiger partial charge is 0.201 e. The van der Waals surface area contributed by atoms with Crippen LogP contribution in [0.15, 0.2) is 34.3 Å². The minimum absolute atomic E-state index is 0.0192. The molecule has 22 heavy (non-hydrogen) atoms. The summed E-state index contributed by atoms with van der Waals surface area (Å²) in [6, 6.07) is 7.12. The Morgan fingerprint density at radius 3 is 2.27 bits per heavy atom. The Morgan fingerprint density at radius 1 is 0.955 bits per heavy atom. The molecule has 0 unspecified atom stereocenters. The van der Waals surface area contributed by atoms with Crippen LogP contribution in [0.1, 0.15) is 72.1 Å². The van der Waals surface area contributed by atoms with Crippen LogP contribution in [0.2, 0.25) is 0 Å². The van der Waals surface area contributed by atoms with Crippen LogP contribution in [0.25, 0.3) is 0 Å². The van der Waals surface area contributed by atoms with E-state index in [2.05, 4.69) is 15.9 Å². The second-order valence-electron chi connectivity index (χ2n) is 6.39. The Kier molecular flexibility index (Phi) is 4.92. The molecule has 3 heteroatoms. The first kappa shape index (κ1) is 15.7. The van der Waals surface area contributed by atoms with Gasteiger partial charge in [-0.25, -0.2) is 0 Å². The highest BCUT2D eigenvalue weighted by atomic mass is 79.9. The lowest BCUT2D eigenvalue weighted by molar-refractivity contribution is 0.0978. The molecule has 3 rings (SSSR count).